The summed E-state index contributed by atoms with van der Waals surface area (Å²) in [6.45, 7) is 9.36. The summed E-state index contributed by atoms with van der Waals surface area (Å²) in [7, 11) is 0. The molecule has 0 heteroatoms. The fraction of sp³-hybridized carbons (Fsp3) is 1.00. The van der Waals surface area contributed by atoms with Crippen molar-refractivity contribution in [1.82, 2.24) is 0 Å². The van der Waals surface area contributed by atoms with E-state index in [2.05, 4.69) is 27.7 Å². The van der Waals surface area contributed by atoms with E-state index in [1.165, 1.54) is 64.2 Å². The molecule has 0 heterocycles. The van der Waals surface area contributed by atoms with E-state index in [1.54, 1.807) is 0 Å². The molecule has 0 aliphatic carbocycles. The summed E-state index contributed by atoms with van der Waals surface area (Å²) in [5, 5.41) is 0. The van der Waals surface area contributed by atoms with Gasteiger partial charge in [-0.25, -0.2) is 0 Å². The van der Waals surface area contributed by atoms with Crippen LogP contribution in [-0.2, 0) is 0 Å². The topological polar surface area (TPSA) is 0 Å². The van der Waals surface area contributed by atoms with E-state index in [-0.39, 0.29) is 0 Å². The lowest BCUT2D eigenvalue weighted by molar-refractivity contribution is 0.393. The van der Waals surface area contributed by atoms with Crippen molar-refractivity contribution in [3.63, 3.8) is 0 Å². The Balaban J connectivity index is 3.33. The maximum absolute atomic E-state index is 2.39. The molecular formula is C16H34. The summed E-state index contributed by atoms with van der Waals surface area (Å²) in [4.78, 5) is 0. The van der Waals surface area contributed by atoms with Crippen LogP contribution in [0.1, 0.15) is 91.9 Å². The third kappa shape index (κ3) is 9.24. The monoisotopic (exact) mass is 226 g/mol. The van der Waals surface area contributed by atoms with Crippen molar-refractivity contribution in [2.75, 3.05) is 0 Å². The minimum absolute atomic E-state index is 0.946. The fourth-order valence-corrected chi connectivity index (χ4v) is 2.35. The maximum atomic E-state index is 2.39. The molecule has 0 aromatic carbocycles. The molecule has 0 saturated heterocycles. The molecule has 0 spiro atoms. The van der Waals surface area contributed by atoms with Gasteiger partial charge in [-0.05, 0) is 11.8 Å². The highest BCUT2D eigenvalue weighted by Crippen LogP contribution is 2.21. The summed E-state index contributed by atoms with van der Waals surface area (Å²) in [6.07, 6.45) is 14.3. The van der Waals surface area contributed by atoms with Crippen molar-refractivity contribution >= 4 is 0 Å². The van der Waals surface area contributed by atoms with Crippen LogP contribution >= 0.6 is 0 Å². The molecule has 0 aliphatic heterocycles. The van der Waals surface area contributed by atoms with Crippen LogP contribution in [0.2, 0.25) is 0 Å². The Labute approximate surface area is 104 Å². The van der Waals surface area contributed by atoms with Crippen LogP contribution in [0.5, 0.6) is 0 Å². The average Bonchev–Trinajstić information content (AvgIpc) is 2.32. The molecule has 0 N–H and O–H groups in total. The van der Waals surface area contributed by atoms with Crippen LogP contribution in [0, 0.1) is 11.8 Å². The van der Waals surface area contributed by atoms with Crippen molar-refractivity contribution in [1.29, 1.82) is 0 Å². The van der Waals surface area contributed by atoms with Crippen molar-refractivity contribution in [3.8, 4) is 0 Å². The molecule has 0 nitrogen and oxygen atoms in total. The van der Waals surface area contributed by atoms with E-state index in [0.717, 1.165) is 11.8 Å². The predicted molar refractivity (Wildman–Crippen MR) is 75.8 cm³/mol. The number of rotatable bonds is 11. The molecule has 0 aromatic heterocycles. The predicted octanol–water partition coefficient (Wildman–Crippen LogP) is 6.20. The van der Waals surface area contributed by atoms with Crippen LogP contribution in [0.15, 0.2) is 0 Å². The van der Waals surface area contributed by atoms with Gasteiger partial charge in [0, 0.05) is 0 Å². The summed E-state index contributed by atoms with van der Waals surface area (Å²) in [5.41, 5.74) is 0. The van der Waals surface area contributed by atoms with E-state index in [0.29, 0.717) is 0 Å². The van der Waals surface area contributed by atoms with Gasteiger partial charge in [0.1, 0.15) is 0 Å². The van der Waals surface area contributed by atoms with Crippen molar-refractivity contribution in [3.05, 3.63) is 0 Å². The maximum Gasteiger partial charge on any atom is -0.0417 e. The first-order chi connectivity index (χ1) is 7.74. The molecule has 2 unspecified atom stereocenters. The van der Waals surface area contributed by atoms with E-state index in [1.807, 2.05) is 0 Å². The Kier molecular flexibility index (Phi) is 11.5. The first kappa shape index (κ1) is 16.0. The summed E-state index contributed by atoms with van der Waals surface area (Å²) < 4.78 is 0. The third-order valence-electron chi connectivity index (χ3n) is 4.05. The van der Waals surface area contributed by atoms with Crippen molar-refractivity contribution in [2.45, 2.75) is 91.9 Å². The molecule has 0 bridgehead atoms. The Morgan fingerprint density at radius 3 is 1.88 bits per heavy atom. The van der Waals surface area contributed by atoms with Crippen LogP contribution in [0.3, 0.4) is 0 Å². The van der Waals surface area contributed by atoms with E-state index in [4.69, 9.17) is 0 Å². The van der Waals surface area contributed by atoms with E-state index in [9.17, 15) is 0 Å². The first-order valence-electron chi connectivity index (χ1n) is 7.74. The highest BCUT2D eigenvalue weighted by atomic mass is 14.1. The lowest BCUT2D eigenvalue weighted by Gasteiger charge is -2.14. The molecule has 0 aliphatic rings. The standard InChI is InChI=1S/C16H34/c1-5-8-13-16(7-3)14-11-9-10-12-15(4)6-2/h15-16H,5-14H2,1-4H3. The zero-order valence-corrected chi connectivity index (χ0v) is 12.2. The summed E-state index contributed by atoms with van der Waals surface area (Å²) in [5.74, 6) is 1.96. The second-order valence-electron chi connectivity index (χ2n) is 5.57. The van der Waals surface area contributed by atoms with Gasteiger partial charge in [-0.15, -0.1) is 0 Å². The Morgan fingerprint density at radius 2 is 1.31 bits per heavy atom. The second-order valence-corrected chi connectivity index (χ2v) is 5.57. The Hall–Kier alpha value is 0. The molecule has 0 amide bonds. The van der Waals surface area contributed by atoms with Gasteiger partial charge in [-0.2, -0.15) is 0 Å². The molecule has 0 fully saturated rings. The number of hydrogen-bond donors (Lipinski definition) is 0. The van der Waals surface area contributed by atoms with Crippen LogP contribution < -0.4 is 0 Å². The molecule has 0 aromatic rings. The third-order valence-corrected chi connectivity index (χ3v) is 4.05. The summed E-state index contributed by atoms with van der Waals surface area (Å²) in [6, 6.07) is 0. The molecule has 16 heavy (non-hydrogen) atoms. The molecule has 0 radical (unpaired) electrons. The second kappa shape index (κ2) is 11.5. The van der Waals surface area contributed by atoms with Gasteiger partial charge in [0.25, 0.3) is 0 Å². The Morgan fingerprint density at radius 1 is 0.688 bits per heavy atom. The SMILES string of the molecule is CCCCC(CC)CCCCCC(C)CC. The van der Waals surface area contributed by atoms with Gasteiger partial charge < -0.3 is 0 Å². The van der Waals surface area contributed by atoms with Crippen molar-refractivity contribution in [2.24, 2.45) is 11.8 Å². The van der Waals surface area contributed by atoms with Crippen LogP contribution in [0.4, 0.5) is 0 Å². The van der Waals surface area contributed by atoms with Crippen LogP contribution in [0.25, 0.3) is 0 Å². The molecule has 0 rings (SSSR count). The quantitative estimate of drug-likeness (QED) is 0.368. The largest absolute Gasteiger partial charge is 0.0654 e. The molecular weight excluding hydrogens is 192 g/mol. The molecule has 98 valence electrons. The number of hydrogen-bond acceptors (Lipinski definition) is 0. The minimum Gasteiger partial charge on any atom is -0.0654 e. The molecule has 0 saturated carbocycles. The molecule has 2 atom stereocenters. The Bertz CT molecular complexity index is 128. The smallest absolute Gasteiger partial charge is 0.0417 e. The fourth-order valence-electron chi connectivity index (χ4n) is 2.35. The van der Waals surface area contributed by atoms with Gasteiger partial charge in [0.2, 0.25) is 0 Å². The lowest BCUT2D eigenvalue weighted by Crippen LogP contribution is -1.99. The van der Waals surface area contributed by atoms with Gasteiger partial charge in [0.05, 0.1) is 0 Å². The number of unbranched alkanes of at least 4 members (excludes halogenated alkanes) is 3. The summed E-state index contributed by atoms with van der Waals surface area (Å²) >= 11 is 0. The van der Waals surface area contributed by atoms with Gasteiger partial charge in [-0.3, -0.25) is 0 Å². The highest BCUT2D eigenvalue weighted by Gasteiger charge is 2.05. The minimum atomic E-state index is 0.946. The van der Waals surface area contributed by atoms with Gasteiger partial charge in [0.15, 0.2) is 0 Å². The van der Waals surface area contributed by atoms with Crippen LogP contribution in [-0.4, -0.2) is 0 Å². The van der Waals surface area contributed by atoms with Gasteiger partial charge >= 0.3 is 0 Å². The average molecular weight is 226 g/mol. The zero-order chi connectivity index (χ0) is 12.2. The van der Waals surface area contributed by atoms with Crippen molar-refractivity contribution < 1.29 is 0 Å². The van der Waals surface area contributed by atoms with E-state index >= 15 is 0 Å². The normalized spacial score (nSPS) is 15.0. The zero-order valence-electron chi connectivity index (χ0n) is 12.2. The van der Waals surface area contributed by atoms with Gasteiger partial charge in [-0.1, -0.05) is 91.9 Å². The lowest BCUT2D eigenvalue weighted by atomic mass is 9.92. The van der Waals surface area contributed by atoms with E-state index < -0.39 is 0 Å². The highest BCUT2D eigenvalue weighted by molar-refractivity contribution is 4.58. The first-order valence-corrected chi connectivity index (χ1v) is 7.74.